The van der Waals surface area contributed by atoms with Gasteiger partial charge >= 0.3 is 35.5 Å². The smallest absolute Gasteiger partial charge is 1.00 e. The molecule has 6 aromatic rings. The second kappa shape index (κ2) is 14.3. The average Bonchev–Trinajstić information content (AvgIpc) is 2.99. The Hall–Kier alpha value is -3.25. The van der Waals surface area contributed by atoms with Crippen LogP contribution in [-0.2, 0) is 11.3 Å². The Morgan fingerprint density at radius 2 is 1.31 bits per heavy atom. The van der Waals surface area contributed by atoms with Crippen LogP contribution in [0.4, 0.5) is 0 Å². The largest absolute Gasteiger partial charge is 1.00 e. The standard InChI is InChI=1S/C15H11ClN2O3.C14H11ClN2O2.B.Na.H/c1-20-11-6-8-4-3-5-17-13(8)14-12(11)9(16)7-10(18-14)15(19)21-2;1-19-11-5-8-3-2-4-16-13(8)14-12(11)10(15)6-9(7-18)17-14;;;/h3-7H,1-2H3;2-6,18H,7H2,1H3;;;/q;;;+1;-1. The quantitative estimate of drug-likeness (QED) is 0.182. The Morgan fingerprint density at radius 3 is 1.79 bits per heavy atom. The number of halogens is 2. The zero-order chi connectivity index (χ0) is 28.4. The third-order valence-corrected chi connectivity index (χ3v) is 6.78. The molecular formula is C29H23BCl2N4NaO5. The van der Waals surface area contributed by atoms with Crippen LogP contribution in [0.25, 0.3) is 43.6 Å². The number of aromatic nitrogens is 4. The van der Waals surface area contributed by atoms with Crippen molar-refractivity contribution in [2.45, 2.75) is 6.61 Å². The molecule has 42 heavy (non-hydrogen) atoms. The molecule has 0 unspecified atom stereocenters. The van der Waals surface area contributed by atoms with Crippen LogP contribution >= 0.6 is 23.2 Å². The van der Waals surface area contributed by atoms with Crippen molar-refractivity contribution in [1.82, 2.24) is 19.9 Å². The van der Waals surface area contributed by atoms with Crippen LogP contribution in [0.1, 0.15) is 17.6 Å². The van der Waals surface area contributed by atoms with Crippen molar-refractivity contribution in [3.8, 4) is 11.5 Å². The number of fused-ring (bicyclic) bond motifs is 6. The fourth-order valence-electron chi connectivity index (χ4n) is 4.39. The first kappa shape index (κ1) is 33.3. The molecule has 4 heterocycles. The van der Waals surface area contributed by atoms with Gasteiger partial charge in [0.25, 0.3) is 0 Å². The number of hydrogen-bond acceptors (Lipinski definition) is 9. The number of aliphatic hydroxyl groups is 1. The maximum atomic E-state index is 11.7. The van der Waals surface area contributed by atoms with Gasteiger partial charge in [0.2, 0.25) is 0 Å². The molecule has 0 spiro atoms. The summed E-state index contributed by atoms with van der Waals surface area (Å²) in [4.78, 5) is 29.1. The van der Waals surface area contributed by atoms with Gasteiger partial charge in [-0.25, -0.2) is 14.8 Å². The third kappa shape index (κ3) is 6.24. The van der Waals surface area contributed by atoms with Gasteiger partial charge in [-0.3, -0.25) is 9.97 Å². The predicted molar refractivity (Wildman–Crippen MR) is 161 cm³/mol. The number of esters is 1. The molecule has 0 aliphatic heterocycles. The molecule has 0 atom stereocenters. The summed E-state index contributed by atoms with van der Waals surface area (Å²) in [6.45, 7) is -0.165. The van der Waals surface area contributed by atoms with Gasteiger partial charge in [0.1, 0.15) is 22.5 Å². The van der Waals surface area contributed by atoms with E-state index in [9.17, 15) is 9.90 Å². The van der Waals surface area contributed by atoms with E-state index < -0.39 is 5.97 Å². The van der Waals surface area contributed by atoms with Crippen molar-refractivity contribution in [3.05, 3.63) is 82.4 Å². The maximum absolute atomic E-state index is 11.7. The van der Waals surface area contributed by atoms with E-state index in [0.29, 0.717) is 54.6 Å². The van der Waals surface area contributed by atoms with Gasteiger partial charge < -0.3 is 20.7 Å². The van der Waals surface area contributed by atoms with Gasteiger partial charge in [-0.05, 0) is 36.4 Å². The summed E-state index contributed by atoms with van der Waals surface area (Å²) in [6, 6.07) is 14.3. The van der Waals surface area contributed by atoms with Crippen molar-refractivity contribution < 1.29 is 55.1 Å². The second-order valence-electron chi connectivity index (χ2n) is 8.49. The summed E-state index contributed by atoms with van der Waals surface area (Å²) < 4.78 is 15.4. The molecule has 0 aliphatic rings. The Kier molecular flexibility index (Phi) is 11.3. The number of hydrogen-bond donors (Lipinski definition) is 1. The molecule has 0 fully saturated rings. The van der Waals surface area contributed by atoms with E-state index in [2.05, 4.69) is 19.9 Å². The topological polar surface area (TPSA) is 117 Å². The first-order valence-corrected chi connectivity index (χ1v) is 12.7. The Morgan fingerprint density at radius 1 is 0.810 bits per heavy atom. The molecule has 0 bridgehead atoms. The van der Waals surface area contributed by atoms with Crippen LogP contribution in [0.15, 0.2) is 60.9 Å². The molecule has 13 heteroatoms. The van der Waals surface area contributed by atoms with Crippen LogP contribution in [0.3, 0.4) is 0 Å². The minimum Gasteiger partial charge on any atom is -1.00 e. The van der Waals surface area contributed by atoms with E-state index in [1.165, 1.54) is 13.2 Å². The number of aliphatic hydroxyl groups excluding tert-OH is 1. The zero-order valence-electron chi connectivity index (χ0n) is 24.2. The predicted octanol–water partition coefficient (Wildman–Crippen LogP) is 2.90. The van der Waals surface area contributed by atoms with E-state index in [1.54, 1.807) is 32.7 Å². The van der Waals surface area contributed by atoms with Gasteiger partial charge in [-0.1, -0.05) is 35.3 Å². The zero-order valence-corrected chi connectivity index (χ0v) is 26.7. The van der Waals surface area contributed by atoms with Crippen LogP contribution in [0, 0.1) is 0 Å². The van der Waals surface area contributed by atoms with Gasteiger partial charge in [-0.15, -0.1) is 0 Å². The molecule has 0 amide bonds. The monoisotopic (exact) mass is 611 g/mol. The number of methoxy groups -OCH3 is 3. The Balaban J connectivity index is 0.000000282. The van der Waals surface area contributed by atoms with Crippen molar-refractivity contribution in [3.63, 3.8) is 0 Å². The second-order valence-corrected chi connectivity index (χ2v) is 9.30. The van der Waals surface area contributed by atoms with E-state index in [-0.39, 0.29) is 51.7 Å². The molecule has 0 saturated carbocycles. The summed E-state index contributed by atoms with van der Waals surface area (Å²) in [5.41, 5.74) is 3.20. The molecule has 6 rings (SSSR count). The van der Waals surface area contributed by atoms with Gasteiger partial charge in [0.05, 0.1) is 65.5 Å². The number of nitrogens with zero attached hydrogens (tertiary/aromatic N) is 4. The summed E-state index contributed by atoms with van der Waals surface area (Å²) in [5, 5.41) is 13.2. The van der Waals surface area contributed by atoms with E-state index in [1.807, 2.05) is 36.4 Å². The van der Waals surface area contributed by atoms with Crippen molar-refractivity contribution in [2.75, 3.05) is 21.3 Å². The van der Waals surface area contributed by atoms with Gasteiger partial charge in [-0.2, -0.15) is 0 Å². The first-order valence-electron chi connectivity index (χ1n) is 11.9. The van der Waals surface area contributed by atoms with Crippen LogP contribution in [0.5, 0.6) is 11.5 Å². The number of rotatable bonds is 4. The fourth-order valence-corrected chi connectivity index (χ4v) is 4.99. The number of carbonyl (C=O) groups is 1. The number of pyridine rings is 4. The number of ether oxygens (including phenoxy) is 3. The van der Waals surface area contributed by atoms with Crippen molar-refractivity contribution in [1.29, 1.82) is 0 Å². The SMILES string of the molecule is COC(=O)c1cc(Cl)c2c(OC)cc3cccnc3c2n1.COc1cc2cccnc2c2nc(CO)cc(Cl)c12.[B].[H-].[Na+]. The fraction of sp³-hybridized carbons (Fsp3) is 0.138. The molecule has 4 aromatic heterocycles. The minimum absolute atomic E-state index is 0. The van der Waals surface area contributed by atoms with Crippen molar-refractivity contribution in [2.24, 2.45) is 0 Å². The van der Waals surface area contributed by atoms with E-state index in [4.69, 9.17) is 37.4 Å². The van der Waals surface area contributed by atoms with Crippen LogP contribution in [0.2, 0.25) is 10.0 Å². The van der Waals surface area contributed by atoms with Crippen LogP contribution in [-0.4, -0.2) is 60.8 Å². The van der Waals surface area contributed by atoms with E-state index in [0.717, 1.165) is 16.3 Å². The molecule has 3 radical (unpaired) electrons. The van der Waals surface area contributed by atoms with E-state index >= 15 is 0 Å². The molecule has 1 N–H and O–H groups in total. The number of benzene rings is 2. The summed E-state index contributed by atoms with van der Waals surface area (Å²) in [7, 11) is 4.44. The summed E-state index contributed by atoms with van der Waals surface area (Å²) >= 11 is 12.6. The normalized spacial score (nSPS) is 10.4. The maximum Gasteiger partial charge on any atom is 1.00 e. The average molecular weight is 612 g/mol. The summed E-state index contributed by atoms with van der Waals surface area (Å²) in [5.74, 6) is 0.683. The molecule has 0 saturated heterocycles. The number of carbonyl (C=O) groups excluding carboxylic acids is 1. The molecule has 2 aromatic carbocycles. The van der Waals surface area contributed by atoms with Crippen LogP contribution < -0.4 is 39.0 Å². The summed E-state index contributed by atoms with van der Waals surface area (Å²) in [6.07, 6.45) is 3.37. The molecule has 0 aliphatic carbocycles. The third-order valence-electron chi connectivity index (χ3n) is 6.18. The Bertz CT molecular complexity index is 1940. The minimum atomic E-state index is -0.550. The Labute approximate surface area is 276 Å². The first-order chi connectivity index (χ1) is 19.4. The van der Waals surface area contributed by atoms with Gasteiger partial charge in [0.15, 0.2) is 5.69 Å². The van der Waals surface area contributed by atoms with Gasteiger partial charge in [0, 0.05) is 31.6 Å². The van der Waals surface area contributed by atoms with Crippen molar-refractivity contribution >= 4 is 81.2 Å². The molecule has 9 nitrogen and oxygen atoms in total. The molecule has 207 valence electrons. The molecular weight excluding hydrogens is 589 g/mol.